The normalized spacial score (nSPS) is 17.3. The second-order valence-electron chi connectivity index (χ2n) is 6.86. The first kappa shape index (κ1) is 18.6. The maximum Gasteiger partial charge on any atom is 0.272 e. The molecule has 0 bridgehead atoms. The van der Waals surface area contributed by atoms with Crippen molar-refractivity contribution in [1.82, 2.24) is 14.7 Å². The number of aromatic nitrogens is 2. The highest BCUT2D eigenvalue weighted by atomic mass is 35.5. The molecule has 0 unspecified atom stereocenters. The van der Waals surface area contributed by atoms with E-state index >= 15 is 0 Å². The van der Waals surface area contributed by atoms with E-state index in [9.17, 15) is 9.59 Å². The Labute approximate surface area is 158 Å². The Kier molecular flexibility index (Phi) is 5.77. The van der Waals surface area contributed by atoms with E-state index in [4.69, 9.17) is 11.6 Å². The van der Waals surface area contributed by atoms with Crippen LogP contribution in [0.4, 0.5) is 0 Å². The van der Waals surface area contributed by atoms with Crippen LogP contribution in [-0.4, -0.2) is 39.5 Å². The second-order valence-corrected chi connectivity index (χ2v) is 7.29. The highest BCUT2D eigenvalue weighted by Crippen LogP contribution is 2.23. The molecule has 26 heavy (non-hydrogen) atoms. The number of hydrogen-bond acceptors (Lipinski definition) is 3. The quantitative estimate of drug-likeness (QED) is 0.750. The molecule has 1 aromatic carbocycles. The van der Waals surface area contributed by atoms with Crippen LogP contribution in [0.3, 0.4) is 0 Å². The van der Waals surface area contributed by atoms with Crippen molar-refractivity contribution in [3.8, 4) is 0 Å². The lowest BCUT2D eigenvalue weighted by Gasteiger charge is -2.32. The molecule has 1 amide bonds. The molecule has 0 radical (unpaired) electrons. The number of aryl methyl sites for hydroxylation is 2. The molecule has 6 heteroatoms. The molecule has 1 aliphatic heterocycles. The number of carbonyl (C=O) groups is 2. The minimum Gasteiger partial charge on any atom is -0.337 e. The van der Waals surface area contributed by atoms with Gasteiger partial charge in [0.1, 0.15) is 5.69 Å². The zero-order valence-corrected chi connectivity index (χ0v) is 16.0. The molecule has 0 spiro atoms. The summed E-state index contributed by atoms with van der Waals surface area (Å²) in [6, 6.07) is 8.83. The largest absolute Gasteiger partial charge is 0.337 e. The van der Waals surface area contributed by atoms with Crippen LogP contribution in [-0.2, 0) is 13.5 Å². The Balaban J connectivity index is 1.72. The number of likely N-dealkylation sites (tertiary alicyclic amines) is 1. The Morgan fingerprint density at radius 2 is 2.00 bits per heavy atom. The predicted octanol–water partition coefficient (Wildman–Crippen LogP) is 3.76. The Morgan fingerprint density at radius 3 is 2.69 bits per heavy atom. The summed E-state index contributed by atoms with van der Waals surface area (Å²) in [4.78, 5) is 27.5. The number of Topliss-reactive ketones (excluding diaryl/α,β-unsaturated/α-hetero) is 1. The van der Waals surface area contributed by atoms with E-state index in [1.165, 1.54) is 0 Å². The first-order chi connectivity index (χ1) is 12.5. The van der Waals surface area contributed by atoms with Gasteiger partial charge in [-0.3, -0.25) is 14.3 Å². The van der Waals surface area contributed by atoms with Crippen molar-refractivity contribution in [3.05, 3.63) is 52.3 Å². The van der Waals surface area contributed by atoms with Gasteiger partial charge in [0.25, 0.3) is 5.91 Å². The number of benzene rings is 1. The van der Waals surface area contributed by atoms with E-state index in [1.807, 2.05) is 6.07 Å². The fourth-order valence-electron chi connectivity index (χ4n) is 3.49. The van der Waals surface area contributed by atoms with Crippen LogP contribution in [0.1, 0.15) is 52.7 Å². The van der Waals surface area contributed by atoms with Crippen molar-refractivity contribution < 1.29 is 9.59 Å². The second kappa shape index (κ2) is 8.04. The lowest BCUT2D eigenvalue weighted by atomic mass is 9.90. The number of piperidine rings is 1. The molecule has 0 aliphatic carbocycles. The number of ketones is 1. The van der Waals surface area contributed by atoms with E-state index < -0.39 is 0 Å². The van der Waals surface area contributed by atoms with Crippen LogP contribution in [0.15, 0.2) is 30.3 Å². The van der Waals surface area contributed by atoms with Crippen LogP contribution < -0.4 is 0 Å². The highest BCUT2D eigenvalue weighted by Gasteiger charge is 2.30. The van der Waals surface area contributed by atoms with Crippen molar-refractivity contribution in [1.29, 1.82) is 0 Å². The van der Waals surface area contributed by atoms with Gasteiger partial charge in [-0.2, -0.15) is 5.10 Å². The first-order valence-corrected chi connectivity index (χ1v) is 9.49. The third-order valence-electron chi connectivity index (χ3n) is 4.86. The summed E-state index contributed by atoms with van der Waals surface area (Å²) in [5.41, 5.74) is 2.18. The standard InChI is InChI=1S/C20H24ClN3O2/c1-3-5-17-12-18(23(2)22-17)20(26)24-11-4-6-15(13-24)19(25)14-7-9-16(21)10-8-14/h7-10,12,15H,3-6,11,13H2,1-2H3/t15-/m1/s1. The Bertz CT molecular complexity index is 798. The summed E-state index contributed by atoms with van der Waals surface area (Å²) < 4.78 is 1.65. The summed E-state index contributed by atoms with van der Waals surface area (Å²) in [6.45, 7) is 3.22. The van der Waals surface area contributed by atoms with E-state index in [1.54, 1.807) is 40.9 Å². The van der Waals surface area contributed by atoms with E-state index in [2.05, 4.69) is 12.0 Å². The molecule has 5 nitrogen and oxygen atoms in total. The molecule has 1 aromatic heterocycles. The number of halogens is 1. The van der Waals surface area contributed by atoms with E-state index in [0.29, 0.717) is 29.4 Å². The first-order valence-electron chi connectivity index (χ1n) is 9.11. The van der Waals surface area contributed by atoms with Crippen molar-refractivity contribution in [3.63, 3.8) is 0 Å². The molecule has 138 valence electrons. The fraction of sp³-hybridized carbons (Fsp3) is 0.450. The molecule has 0 N–H and O–H groups in total. The molecule has 2 heterocycles. The summed E-state index contributed by atoms with van der Waals surface area (Å²) in [6.07, 6.45) is 3.48. The van der Waals surface area contributed by atoms with Crippen molar-refractivity contribution in [2.24, 2.45) is 13.0 Å². The van der Waals surface area contributed by atoms with Crippen molar-refractivity contribution in [2.45, 2.75) is 32.6 Å². The SMILES string of the molecule is CCCc1cc(C(=O)N2CCC[C@@H](C(=O)c3ccc(Cl)cc3)C2)n(C)n1. The third kappa shape index (κ3) is 3.98. The Morgan fingerprint density at radius 1 is 1.27 bits per heavy atom. The minimum atomic E-state index is -0.169. The topological polar surface area (TPSA) is 55.2 Å². The summed E-state index contributed by atoms with van der Waals surface area (Å²) >= 11 is 5.90. The van der Waals surface area contributed by atoms with Gasteiger partial charge in [0.2, 0.25) is 0 Å². The van der Waals surface area contributed by atoms with Crippen molar-refractivity contribution in [2.75, 3.05) is 13.1 Å². The maximum atomic E-state index is 12.9. The monoisotopic (exact) mass is 373 g/mol. The van der Waals surface area contributed by atoms with E-state index in [0.717, 1.165) is 31.4 Å². The highest BCUT2D eigenvalue weighted by molar-refractivity contribution is 6.30. The van der Waals surface area contributed by atoms with E-state index in [-0.39, 0.29) is 17.6 Å². The molecule has 1 aliphatic rings. The van der Waals surface area contributed by atoms with Gasteiger partial charge >= 0.3 is 0 Å². The average Bonchev–Trinajstić information content (AvgIpc) is 3.02. The zero-order chi connectivity index (χ0) is 18.7. The number of carbonyl (C=O) groups excluding carboxylic acids is 2. The van der Waals surface area contributed by atoms with Gasteiger partial charge in [-0.25, -0.2) is 0 Å². The smallest absolute Gasteiger partial charge is 0.272 e. The molecule has 1 saturated heterocycles. The van der Waals surface area contributed by atoms with Gasteiger partial charge in [0.05, 0.1) is 5.69 Å². The Hall–Kier alpha value is -2.14. The maximum absolute atomic E-state index is 12.9. The van der Waals surface area contributed by atoms with Crippen LogP contribution in [0.5, 0.6) is 0 Å². The number of amides is 1. The lowest BCUT2D eigenvalue weighted by Crippen LogP contribution is -2.43. The minimum absolute atomic E-state index is 0.0454. The summed E-state index contributed by atoms with van der Waals surface area (Å²) in [7, 11) is 1.80. The van der Waals surface area contributed by atoms with Gasteiger partial charge < -0.3 is 4.90 Å². The molecule has 1 fully saturated rings. The average molecular weight is 374 g/mol. The van der Waals surface area contributed by atoms with Crippen LogP contribution in [0.25, 0.3) is 0 Å². The van der Waals surface area contributed by atoms with Gasteiger partial charge in [0.15, 0.2) is 5.78 Å². The molecule has 3 rings (SSSR count). The molecule has 0 saturated carbocycles. The molecule has 1 atom stereocenters. The van der Waals surface area contributed by atoms with Gasteiger partial charge in [-0.05, 0) is 49.6 Å². The molecular weight excluding hydrogens is 350 g/mol. The van der Waals surface area contributed by atoms with Crippen LogP contribution >= 0.6 is 11.6 Å². The molecular formula is C20H24ClN3O2. The number of nitrogens with zero attached hydrogens (tertiary/aromatic N) is 3. The number of hydrogen-bond donors (Lipinski definition) is 0. The third-order valence-corrected chi connectivity index (χ3v) is 5.12. The fourth-order valence-corrected chi connectivity index (χ4v) is 3.62. The lowest BCUT2D eigenvalue weighted by molar-refractivity contribution is 0.0628. The van der Waals surface area contributed by atoms with Gasteiger partial charge in [-0.1, -0.05) is 24.9 Å². The summed E-state index contributed by atoms with van der Waals surface area (Å²) in [5, 5.41) is 5.03. The van der Waals surface area contributed by atoms with Gasteiger partial charge in [0, 0.05) is 36.6 Å². The van der Waals surface area contributed by atoms with Crippen LogP contribution in [0, 0.1) is 5.92 Å². The van der Waals surface area contributed by atoms with Gasteiger partial charge in [-0.15, -0.1) is 0 Å². The predicted molar refractivity (Wildman–Crippen MR) is 102 cm³/mol. The summed E-state index contributed by atoms with van der Waals surface area (Å²) in [5.74, 6) is -0.135. The number of rotatable bonds is 5. The van der Waals surface area contributed by atoms with Crippen LogP contribution in [0.2, 0.25) is 5.02 Å². The van der Waals surface area contributed by atoms with Crippen molar-refractivity contribution >= 4 is 23.3 Å². The molecule has 2 aromatic rings. The zero-order valence-electron chi connectivity index (χ0n) is 15.2.